The predicted octanol–water partition coefficient (Wildman–Crippen LogP) is 5.86. The molecule has 1 heterocycles. The second-order valence-electron chi connectivity index (χ2n) is 7.76. The summed E-state index contributed by atoms with van der Waals surface area (Å²) in [6.07, 6.45) is 0. The monoisotopic (exact) mass is 429 g/mol. The third-order valence-corrected chi connectivity index (χ3v) is 5.25. The van der Waals surface area contributed by atoms with Gasteiger partial charge in [-0.05, 0) is 86.9 Å². The summed E-state index contributed by atoms with van der Waals surface area (Å²) in [5.74, 6) is 0.300. The summed E-state index contributed by atoms with van der Waals surface area (Å²) >= 11 is 5.34. The largest absolute Gasteiger partial charge is 0.436 e. The topological polar surface area (TPSA) is 67.2 Å². The van der Waals surface area contributed by atoms with Crippen molar-refractivity contribution in [3.8, 4) is 11.5 Å². The second kappa shape index (κ2) is 8.32. The number of fused-ring (bicyclic) bond motifs is 1. The number of anilines is 1. The standard InChI is InChI=1S/C25H23N3O2S/c1-14-8-9-20(16(3)10-14)23(29)28-25(31)26-19-7-5-6-18(13-19)24-27-21-12-15(2)11-17(4)22(21)30-24/h5-13H,1-4H3,(H2,26,28,29,31). The van der Waals surface area contributed by atoms with Crippen molar-refractivity contribution in [3.05, 3.63) is 82.4 Å². The molecule has 5 nitrogen and oxygen atoms in total. The van der Waals surface area contributed by atoms with E-state index in [1.165, 1.54) is 0 Å². The number of nitrogens with zero attached hydrogens (tertiary/aromatic N) is 1. The smallest absolute Gasteiger partial charge is 0.257 e. The summed E-state index contributed by atoms with van der Waals surface area (Å²) in [5.41, 5.74) is 7.99. The fourth-order valence-electron chi connectivity index (χ4n) is 3.63. The summed E-state index contributed by atoms with van der Waals surface area (Å²) < 4.78 is 6.00. The number of amides is 1. The van der Waals surface area contributed by atoms with Gasteiger partial charge in [0.2, 0.25) is 5.89 Å². The number of hydrogen-bond acceptors (Lipinski definition) is 4. The first kappa shape index (κ1) is 20.8. The molecule has 0 aliphatic carbocycles. The Morgan fingerprint density at radius 3 is 2.48 bits per heavy atom. The van der Waals surface area contributed by atoms with Crippen LogP contribution in [0, 0.1) is 27.7 Å². The van der Waals surface area contributed by atoms with Gasteiger partial charge in [0.15, 0.2) is 10.7 Å². The Bertz CT molecular complexity index is 1320. The maximum atomic E-state index is 12.6. The van der Waals surface area contributed by atoms with Gasteiger partial charge in [0.1, 0.15) is 5.52 Å². The first-order valence-corrected chi connectivity index (χ1v) is 10.4. The van der Waals surface area contributed by atoms with Gasteiger partial charge in [-0.1, -0.05) is 29.8 Å². The number of hydrogen-bond donors (Lipinski definition) is 2. The maximum absolute atomic E-state index is 12.6. The minimum Gasteiger partial charge on any atom is -0.436 e. The van der Waals surface area contributed by atoms with Crippen LogP contribution in [0.25, 0.3) is 22.6 Å². The Kier molecular flexibility index (Phi) is 5.57. The van der Waals surface area contributed by atoms with Crippen LogP contribution in [-0.2, 0) is 0 Å². The average Bonchev–Trinajstić information content (AvgIpc) is 3.12. The molecule has 0 spiro atoms. The number of carbonyl (C=O) groups excluding carboxylic acids is 1. The molecule has 31 heavy (non-hydrogen) atoms. The lowest BCUT2D eigenvalue weighted by Crippen LogP contribution is -2.34. The lowest BCUT2D eigenvalue weighted by molar-refractivity contribution is 0.0977. The molecule has 4 rings (SSSR count). The maximum Gasteiger partial charge on any atom is 0.257 e. The molecule has 0 aliphatic rings. The fourth-order valence-corrected chi connectivity index (χ4v) is 3.84. The van der Waals surface area contributed by atoms with E-state index in [1.54, 1.807) is 6.07 Å². The van der Waals surface area contributed by atoms with Crippen LogP contribution in [0.4, 0.5) is 5.69 Å². The molecule has 0 saturated carbocycles. The van der Waals surface area contributed by atoms with E-state index in [4.69, 9.17) is 16.6 Å². The van der Waals surface area contributed by atoms with Gasteiger partial charge in [0, 0.05) is 16.8 Å². The molecular formula is C25H23N3O2S. The molecule has 0 saturated heterocycles. The highest BCUT2D eigenvalue weighted by Crippen LogP contribution is 2.28. The van der Waals surface area contributed by atoms with Gasteiger partial charge in [-0.25, -0.2) is 4.98 Å². The minimum absolute atomic E-state index is 0.228. The van der Waals surface area contributed by atoms with Crippen molar-refractivity contribution in [2.75, 3.05) is 5.32 Å². The highest BCUT2D eigenvalue weighted by atomic mass is 32.1. The number of aromatic nitrogens is 1. The average molecular weight is 430 g/mol. The van der Waals surface area contributed by atoms with Gasteiger partial charge < -0.3 is 9.73 Å². The van der Waals surface area contributed by atoms with E-state index in [1.807, 2.05) is 70.2 Å². The first-order chi connectivity index (χ1) is 14.8. The molecular weight excluding hydrogens is 406 g/mol. The van der Waals surface area contributed by atoms with Crippen LogP contribution >= 0.6 is 12.2 Å². The fraction of sp³-hybridized carbons (Fsp3) is 0.160. The molecule has 0 unspecified atom stereocenters. The Morgan fingerprint density at radius 1 is 0.935 bits per heavy atom. The molecule has 1 aromatic heterocycles. The quantitative estimate of drug-likeness (QED) is 0.400. The Balaban J connectivity index is 1.51. The van der Waals surface area contributed by atoms with Gasteiger partial charge in [0.25, 0.3) is 5.91 Å². The van der Waals surface area contributed by atoms with Crippen LogP contribution in [0.15, 0.2) is 59.0 Å². The lowest BCUT2D eigenvalue weighted by atomic mass is 10.1. The van der Waals surface area contributed by atoms with Crippen molar-refractivity contribution in [1.82, 2.24) is 10.3 Å². The van der Waals surface area contributed by atoms with E-state index < -0.39 is 0 Å². The van der Waals surface area contributed by atoms with Gasteiger partial charge in [0.05, 0.1) is 0 Å². The number of benzene rings is 3. The van der Waals surface area contributed by atoms with E-state index in [0.29, 0.717) is 11.5 Å². The van der Waals surface area contributed by atoms with E-state index in [0.717, 1.165) is 44.6 Å². The van der Waals surface area contributed by atoms with Crippen molar-refractivity contribution < 1.29 is 9.21 Å². The van der Waals surface area contributed by atoms with Crippen molar-refractivity contribution in [3.63, 3.8) is 0 Å². The minimum atomic E-state index is -0.240. The zero-order valence-corrected chi connectivity index (χ0v) is 18.7. The number of rotatable bonds is 3. The summed E-state index contributed by atoms with van der Waals surface area (Å²) in [7, 11) is 0. The molecule has 4 aromatic rings. The van der Waals surface area contributed by atoms with Crippen molar-refractivity contribution in [2.45, 2.75) is 27.7 Å². The molecule has 0 radical (unpaired) electrons. The highest BCUT2D eigenvalue weighted by molar-refractivity contribution is 7.80. The Labute approximate surface area is 186 Å². The summed E-state index contributed by atoms with van der Waals surface area (Å²) in [6.45, 7) is 7.95. The third kappa shape index (κ3) is 4.49. The van der Waals surface area contributed by atoms with E-state index in [-0.39, 0.29) is 11.0 Å². The van der Waals surface area contributed by atoms with Gasteiger partial charge in [-0.2, -0.15) is 0 Å². The molecule has 3 aromatic carbocycles. The number of thiocarbonyl (C=S) groups is 1. The van der Waals surface area contributed by atoms with Gasteiger partial charge in [-0.3, -0.25) is 10.1 Å². The number of aryl methyl sites for hydroxylation is 4. The molecule has 0 aliphatic heterocycles. The van der Waals surface area contributed by atoms with E-state index in [2.05, 4.69) is 21.7 Å². The molecule has 0 bridgehead atoms. The van der Waals surface area contributed by atoms with Crippen LogP contribution in [0.3, 0.4) is 0 Å². The van der Waals surface area contributed by atoms with Crippen LogP contribution in [0.2, 0.25) is 0 Å². The summed E-state index contributed by atoms with van der Waals surface area (Å²) in [6, 6.07) is 17.3. The van der Waals surface area contributed by atoms with E-state index in [9.17, 15) is 4.79 Å². The van der Waals surface area contributed by atoms with Gasteiger partial charge >= 0.3 is 0 Å². The normalized spacial score (nSPS) is 10.8. The van der Waals surface area contributed by atoms with Crippen molar-refractivity contribution in [2.24, 2.45) is 0 Å². The summed E-state index contributed by atoms with van der Waals surface area (Å²) in [4.78, 5) is 17.2. The number of carbonyl (C=O) groups is 1. The number of nitrogens with one attached hydrogen (secondary N) is 2. The molecule has 6 heteroatoms. The molecule has 1 amide bonds. The molecule has 0 atom stereocenters. The molecule has 156 valence electrons. The lowest BCUT2D eigenvalue weighted by Gasteiger charge is -2.11. The Morgan fingerprint density at radius 2 is 1.71 bits per heavy atom. The predicted molar refractivity (Wildman–Crippen MR) is 129 cm³/mol. The van der Waals surface area contributed by atoms with Crippen LogP contribution in [-0.4, -0.2) is 16.0 Å². The zero-order chi connectivity index (χ0) is 22.1. The summed E-state index contributed by atoms with van der Waals surface area (Å²) in [5, 5.41) is 6.04. The second-order valence-corrected chi connectivity index (χ2v) is 8.16. The van der Waals surface area contributed by atoms with Crippen molar-refractivity contribution >= 4 is 40.0 Å². The molecule has 0 fully saturated rings. The highest BCUT2D eigenvalue weighted by Gasteiger charge is 2.13. The Hall–Kier alpha value is -3.51. The van der Waals surface area contributed by atoms with Gasteiger partial charge in [-0.15, -0.1) is 0 Å². The van der Waals surface area contributed by atoms with Crippen LogP contribution in [0.1, 0.15) is 32.6 Å². The van der Waals surface area contributed by atoms with Crippen LogP contribution in [0.5, 0.6) is 0 Å². The van der Waals surface area contributed by atoms with Crippen LogP contribution < -0.4 is 10.6 Å². The zero-order valence-electron chi connectivity index (χ0n) is 17.9. The first-order valence-electron chi connectivity index (χ1n) is 9.98. The van der Waals surface area contributed by atoms with Crippen molar-refractivity contribution in [1.29, 1.82) is 0 Å². The molecule has 2 N–H and O–H groups in total. The third-order valence-electron chi connectivity index (χ3n) is 5.04. The number of oxazole rings is 1. The SMILES string of the molecule is Cc1ccc(C(=O)NC(=S)Nc2cccc(-c3nc4cc(C)cc(C)c4o3)c2)c(C)c1. The van der Waals surface area contributed by atoms with E-state index >= 15 is 0 Å².